The summed E-state index contributed by atoms with van der Waals surface area (Å²) in [5, 5.41) is 23.6. The number of ether oxygens (including phenoxy) is 3. The van der Waals surface area contributed by atoms with Gasteiger partial charge in [0.2, 0.25) is 5.84 Å². The van der Waals surface area contributed by atoms with Crippen LogP contribution < -0.4 is 26.0 Å². The van der Waals surface area contributed by atoms with Crippen LogP contribution in [0.4, 0.5) is 16.2 Å². The number of carbonyl (C=O) groups excluding carboxylic acids is 2. The van der Waals surface area contributed by atoms with Gasteiger partial charge in [0.1, 0.15) is 11.4 Å². The molecule has 1 heterocycles. The first kappa shape index (κ1) is 33.7. The van der Waals surface area contributed by atoms with Crippen LogP contribution in [0.25, 0.3) is 0 Å². The zero-order chi connectivity index (χ0) is 32.0. The molecule has 44 heavy (non-hydrogen) atoms. The maximum absolute atomic E-state index is 11.8. The monoisotopic (exact) mass is 610 g/mol. The number of esters is 1. The van der Waals surface area contributed by atoms with E-state index in [-0.39, 0.29) is 17.5 Å². The molecule has 0 fully saturated rings. The van der Waals surface area contributed by atoms with Crippen LogP contribution in [0.1, 0.15) is 58.9 Å². The molecule has 3 rings (SSSR count). The molecule has 1 unspecified atom stereocenters. The first-order valence-electron chi connectivity index (χ1n) is 14.7. The Kier molecular flexibility index (Phi) is 12.8. The highest BCUT2D eigenvalue weighted by molar-refractivity contribution is 6.06. The Labute approximate surface area is 257 Å². The number of unbranched alkanes of at least 4 members (excludes halogenated alkanes) is 1. The van der Waals surface area contributed by atoms with Crippen molar-refractivity contribution < 1.29 is 28.7 Å². The topological polar surface area (TPSA) is 165 Å². The van der Waals surface area contributed by atoms with E-state index in [0.29, 0.717) is 50.5 Å². The highest BCUT2D eigenvalue weighted by atomic mass is 16.6. The van der Waals surface area contributed by atoms with Crippen LogP contribution in [-0.4, -0.2) is 54.5 Å². The van der Waals surface area contributed by atoms with Crippen molar-refractivity contribution in [1.29, 1.82) is 0 Å². The molecule has 1 aliphatic heterocycles. The molecule has 4 N–H and O–H groups in total. The van der Waals surface area contributed by atoms with Crippen molar-refractivity contribution in [2.24, 2.45) is 4.99 Å². The summed E-state index contributed by atoms with van der Waals surface area (Å²) < 4.78 is 15.9. The summed E-state index contributed by atoms with van der Waals surface area (Å²) in [5.74, 6) is 0.541. The lowest BCUT2D eigenvalue weighted by Crippen LogP contribution is -2.39. The number of alkyl carbamates (subject to hydrolysis) is 1. The second kappa shape index (κ2) is 16.7. The average molecular weight is 611 g/mol. The molecule has 0 saturated carbocycles. The Balaban J connectivity index is 1.48. The van der Waals surface area contributed by atoms with Crippen LogP contribution in [0.5, 0.6) is 5.75 Å². The highest BCUT2D eigenvalue weighted by Gasteiger charge is 2.26. The molecular formula is C31H42N6O7. The Morgan fingerprint density at radius 3 is 2.39 bits per heavy atom. The summed E-state index contributed by atoms with van der Waals surface area (Å²) in [6, 6.07) is 14.8. The minimum atomic E-state index is -0.637. The molecule has 0 bridgehead atoms. The van der Waals surface area contributed by atoms with Crippen molar-refractivity contribution in [1.82, 2.24) is 10.6 Å². The summed E-state index contributed by atoms with van der Waals surface area (Å²) in [7, 11) is 0. The molecule has 1 amide bonds. The van der Waals surface area contributed by atoms with Crippen LogP contribution in [0, 0.1) is 10.1 Å². The summed E-state index contributed by atoms with van der Waals surface area (Å²) in [4.78, 5) is 38.8. The van der Waals surface area contributed by atoms with Gasteiger partial charge in [0, 0.05) is 24.3 Å². The second-order valence-corrected chi connectivity index (χ2v) is 11.0. The van der Waals surface area contributed by atoms with Gasteiger partial charge in [0.25, 0.3) is 0 Å². The van der Waals surface area contributed by atoms with Gasteiger partial charge in [-0.3, -0.25) is 14.9 Å². The number of rotatable bonds is 15. The summed E-state index contributed by atoms with van der Waals surface area (Å²) >= 11 is 0. The van der Waals surface area contributed by atoms with Crippen molar-refractivity contribution in [3.63, 3.8) is 0 Å². The van der Waals surface area contributed by atoms with Crippen molar-refractivity contribution >= 4 is 29.3 Å². The zero-order valence-corrected chi connectivity index (χ0v) is 25.7. The largest absolute Gasteiger partial charge is 0.494 e. The molecule has 0 saturated heterocycles. The molecule has 2 aromatic carbocycles. The van der Waals surface area contributed by atoms with Gasteiger partial charge < -0.3 is 35.5 Å². The van der Waals surface area contributed by atoms with Gasteiger partial charge in [0.15, 0.2) is 6.29 Å². The molecule has 13 heteroatoms. The maximum atomic E-state index is 11.8. The Hall–Kier alpha value is -4.81. The fourth-order valence-electron chi connectivity index (χ4n) is 4.06. The molecule has 2 aromatic rings. The first-order chi connectivity index (χ1) is 21.0. The maximum Gasteiger partial charge on any atom is 0.407 e. The third-order valence-corrected chi connectivity index (χ3v) is 6.11. The smallest absolute Gasteiger partial charge is 0.407 e. The average Bonchev–Trinajstić information content (AvgIpc) is 2.96. The molecule has 0 aromatic heterocycles. The Morgan fingerprint density at radius 1 is 1.02 bits per heavy atom. The molecule has 13 nitrogen and oxygen atoms in total. The Bertz CT molecular complexity index is 1300. The van der Waals surface area contributed by atoms with Gasteiger partial charge in [-0.25, -0.2) is 9.79 Å². The van der Waals surface area contributed by atoms with Crippen LogP contribution in [0.3, 0.4) is 0 Å². The molecule has 1 aliphatic rings. The quantitative estimate of drug-likeness (QED) is 0.0913. The fraction of sp³-hybridized carbons (Fsp3) is 0.452. The number of hydrogen-bond donors (Lipinski definition) is 4. The first-order valence-corrected chi connectivity index (χ1v) is 14.7. The fourth-order valence-corrected chi connectivity index (χ4v) is 4.06. The van der Waals surface area contributed by atoms with Crippen LogP contribution >= 0.6 is 0 Å². The van der Waals surface area contributed by atoms with E-state index in [0.717, 1.165) is 24.1 Å². The number of benzene rings is 2. The number of aryl methyl sites for hydroxylation is 1. The van der Waals surface area contributed by atoms with E-state index in [1.54, 1.807) is 31.2 Å². The van der Waals surface area contributed by atoms with Crippen LogP contribution in [0.15, 0.2) is 65.4 Å². The highest BCUT2D eigenvalue weighted by Crippen LogP contribution is 2.19. The third-order valence-electron chi connectivity index (χ3n) is 6.11. The van der Waals surface area contributed by atoms with Crippen molar-refractivity contribution in [2.45, 2.75) is 71.7 Å². The van der Waals surface area contributed by atoms with E-state index in [9.17, 15) is 19.7 Å². The summed E-state index contributed by atoms with van der Waals surface area (Å²) in [5.41, 5.74) is 1.77. The minimum Gasteiger partial charge on any atom is -0.494 e. The molecule has 238 valence electrons. The van der Waals surface area contributed by atoms with E-state index in [1.807, 2.05) is 45.0 Å². The van der Waals surface area contributed by atoms with E-state index in [4.69, 9.17) is 14.2 Å². The predicted octanol–water partition coefficient (Wildman–Crippen LogP) is 5.18. The number of nitro groups is 1. The molecular weight excluding hydrogens is 568 g/mol. The number of carbonyl (C=O) groups is 2. The van der Waals surface area contributed by atoms with E-state index in [2.05, 4.69) is 26.3 Å². The number of aliphatic imine (C=N–C) groups is 1. The lowest BCUT2D eigenvalue weighted by molar-refractivity contribution is -0.415. The van der Waals surface area contributed by atoms with Crippen molar-refractivity contribution in [3.8, 4) is 5.75 Å². The van der Waals surface area contributed by atoms with Gasteiger partial charge in [0.05, 0.1) is 24.3 Å². The van der Waals surface area contributed by atoms with E-state index >= 15 is 0 Å². The lowest BCUT2D eigenvalue weighted by atomic mass is 10.1. The number of hydrogen-bond acceptors (Lipinski definition) is 11. The summed E-state index contributed by atoms with van der Waals surface area (Å²) in [6.07, 6.45) is 3.53. The van der Waals surface area contributed by atoms with Gasteiger partial charge in [-0.1, -0.05) is 12.1 Å². The number of anilines is 2. The molecule has 0 spiro atoms. The van der Waals surface area contributed by atoms with Crippen molar-refractivity contribution in [3.05, 3.63) is 76.1 Å². The number of nitrogens with one attached hydrogen (secondary N) is 4. The molecule has 0 radical (unpaired) electrons. The minimum absolute atomic E-state index is 0.105. The lowest BCUT2D eigenvalue weighted by Gasteiger charge is -2.21. The second-order valence-electron chi connectivity index (χ2n) is 11.0. The predicted molar refractivity (Wildman–Crippen MR) is 168 cm³/mol. The number of nitrogens with zero attached hydrogens (tertiary/aromatic N) is 2. The van der Waals surface area contributed by atoms with E-state index < -0.39 is 22.9 Å². The van der Waals surface area contributed by atoms with Gasteiger partial charge in [-0.05, 0) is 95.3 Å². The number of amides is 1. The van der Waals surface area contributed by atoms with Gasteiger partial charge in [-0.2, -0.15) is 0 Å². The standard InChI is InChI=1S/C31H42N6O7/c1-5-42-27(38)10-6-7-20-43-25-17-15-23(16-18-25)34-28-26(37(40)41)21-33-29(36-28)35-24-13-11-22(12-14-24)9-8-19-32-30(39)44-31(2,3)4/h11-18,21,29,33,35H,5-10,19-20H2,1-4H3,(H,32,39)(H,34,36). The third kappa shape index (κ3) is 12.2. The molecule has 1 atom stereocenters. The van der Waals surface area contributed by atoms with E-state index in [1.165, 1.54) is 6.20 Å². The van der Waals surface area contributed by atoms with Crippen LogP contribution in [-0.2, 0) is 20.7 Å². The van der Waals surface area contributed by atoms with Crippen molar-refractivity contribution in [2.75, 3.05) is 30.4 Å². The summed E-state index contributed by atoms with van der Waals surface area (Å²) in [6.45, 7) is 8.58. The SMILES string of the molecule is CCOC(=O)CCCCOc1ccc(NC2=NC(Nc3ccc(CCCNC(=O)OC(C)(C)C)cc3)NC=C2[N+](=O)[O-])cc1. The van der Waals surface area contributed by atoms with Gasteiger partial charge >= 0.3 is 17.8 Å². The normalized spacial score (nSPS) is 14.3. The Morgan fingerprint density at radius 2 is 1.73 bits per heavy atom. The molecule has 0 aliphatic carbocycles. The van der Waals surface area contributed by atoms with Crippen LogP contribution in [0.2, 0.25) is 0 Å². The van der Waals surface area contributed by atoms with Gasteiger partial charge in [-0.15, -0.1) is 0 Å². The zero-order valence-electron chi connectivity index (χ0n) is 25.7. The number of amidine groups is 1.